The Hall–Kier alpha value is -2.41. The Morgan fingerprint density at radius 1 is 1.26 bits per heavy atom. The molecule has 0 amide bonds. The van der Waals surface area contributed by atoms with Crippen molar-refractivity contribution in [2.75, 3.05) is 13.1 Å². The number of rotatable bonds is 3. The molecule has 3 heterocycles. The molecular weight excluding hydrogens is 294 g/mol. The summed E-state index contributed by atoms with van der Waals surface area (Å²) in [5.41, 5.74) is 1.88. The van der Waals surface area contributed by atoms with Crippen LogP contribution in [0.3, 0.4) is 0 Å². The van der Waals surface area contributed by atoms with Crippen LogP contribution in [0.15, 0.2) is 33.5 Å². The Balaban J connectivity index is 1.48. The first-order valence-electron chi connectivity index (χ1n) is 7.91. The van der Waals surface area contributed by atoms with Crippen molar-refractivity contribution < 1.29 is 4.42 Å². The molecule has 23 heavy (non-hydrogen) atoms. The summed E-state index contributed by atoms with van der Waals surface area (Å²) in [7, 11) is 0. The highest BCUT2D eigenvalue weighted by molar-refractivity contribution is 5.75. The second-order valence-corrected chi connectivity index (χ2v) is 6.04. The van der Waals surface area contributed by atoms with Crippen LogP contribution in [0.5, 0.6) is 0 Å². The monoisotopic (exact) mass is 313 g/mol. The van der Waals surface area contributed by atoms with Crippen LogP contribution in [0, 0.1) is 6.92 Å². The summed E-state index contributed by atoms with van der Waals surface area (Å²) in [5.74, 6) is 1.26. The van der Waals surface area contributed by atoms with Crippen LogP contribution < -0.4 is 5.69 Å². The van der Waals surface area contributed by atoms with E-state index >= 15 is 0 Å². The van der Waals surface area contributed by atoms with Gasteiger partial charge in [-0.1, -0.05) is 12.1 Å². The average Bonchev–Trinajstić information content (AvgIpc) is 3.10. The number of aromatic nitrogens is 4. The second-order valence-electron chi connectivity index (χ2n) is 6.04. The number of hydrogen-bond acceptors (Lipinski definition) is 5. The fourth-order valence-corrected chi connectivity index (χ4v) is 3.37. The summed E-state index contributed by atoms with van der Waals surface area (Å²) in [5, 5.41) is 7.91. The van der Waals surface area contributed by atoms with E-state index in [2.05, 4.69) is 20.1 Å². The van der Waals surface area contributed by atoms with Gasteiger partial charge in [0.05, 0.1) is 17.6 Å². The number of benzene rings is 1. The second kappa shape index (κ2) is 5.66. The minimum atomic E-state index is -0.0165. The molecule has 7 nitrogen and oxygen atoms in total. The molecule has 4 rings (SSSR count). The largest absolute Gasteiger partial charge is 0.424 e. The van der Waals surface area contributed by atoms with Gasteiger partial charge in [0.25, 0.3) is 0 Å². The molecule has 3 aromatic rings. The van der Waals surface area contributed by atoms with Gasteiger partial charge in [0.2, 0.25) is 11.8 Å². The maximum absolute atomic E-state index is 12.3. The summed E-state index contributed by atoms with van der Waals surface area (Å²) in [6.45, 7) is 4.30. The molecule has 1 aliphatic rings. The molecule has 120 valence electrons. The van der Waals surface area contributed by atoms with Crippen LogP contribution in [-0.4, -0.2) is 37.7 Å². The van der Waals surface area contributed by atoms with Gasteiger partial charge in [0.1, 0.15) is 0 Å². The highest BCUT2D eigenvalue weighted by Crippen LogP contribution is 2.25. The molecule has 1 fully saturated rings. The number of H-pyrrole nitrogens is 1. The van der Waals surface area contributed by atoms with Crippen LogP contribution >= 0.6 is 0 Å². The van der Waals surface area contributed by atoms with Gasteiger partial charge in [-0.3, -0.25) is 9.47 Å². The van der Waals surface area contributed by atoms with Crippen molar-refractivity contribution in [2.45, 2.75) is 32.4 Å². The molecule has 2 aromatic heterocycles. The molecule has 0 bridgehead atoms. The quantitative estimate of drug-likeness (QED) is 0.798. The maximum atomic E-state index is 12.3. The minimum Gasteiger partial charge on any atom is -0.424 e. The highest BCUT2D eigenvalue weighted by atomic mass is 16.4. The van der Waals surface area contributed by atoms with Crippen molar-refractivity contribution in [3.63, 3.8) is 0 Å². The number of para-hydroxylation sites is 2. The predicted octanol–water partition coefficient (Wildman–Crippen LogP) is 1.86. The minimum absolute atomic E-state index is 0.0165. The van der Waals surface area contributed by atoms with E-state index in [9.17, 15) is 4.79 Å². The normalized spacial score (nSPS) is 17.1. The average molecular weight is 313 g/mol. The molecule has 0 aliphatic carbocycles. The first kappa shape index (κ1) is 14.2. The van der Waals surface area contributed by atoms with Crippen molar-refractivity contribution >= 4 is 11.0 Å². The number of piperidine rings is 1. The molecule has 7 heteroatoms. The molecule has 0 saturated carbocycles. The number of aromatic amines is 1. The van der Waals surface area contributed by atoms with Gasteiger partial charge in [-0.25, -0.2) is 4.79 Å². The molecule has 0 spiro atoms. The summed E-state index contributed by atoms with van der Waals surface area (Å²) >= 11 is 0. The lowest BCUT2D eigenvalue weighted by Crippen LogP contribution is -2.36. The summed E-state index contributed by atoms with van der Waals surface area (Å²) in [4.78, 5) is 17.5. The van der Waals surface area contributed by atoms with Crippen molar-refractivity contribution in [1.82, 2.24) is 24.6 Å². The van der Waals surface area contributed by atoms with Crippen molar-refractivity contribution in [3.8, 4) is 0 Å². The number of fused-ring (bicyclic) bond motifs is 1. The number of nitrogens with zero attached hydrogens (tertiary/aromatic N) is 4. The van der Waals surface area contributed by atoms with E-state index < -0.39 is 0 Å². The number of aryl methyl sites for hydroxylation is 1. The number of likely N-dealkylation sites (tertiary alicyclic amines) is 1. The molecule has 0 unspecified atom stereocenters. The standard InChI is InChI=1S/C16H19N5O2/c1-11-18-19-15(23-11)10-20-8-6-12(7-9-20)21-14-5-3-2-4-13(14)17-16(21)22/h2-5,12H,6-10H2,1H3,(H,17,22). The lowest BCUT2D eigenvalue weighted by atomic mass is 10.0. The Labute approximate surface area is 132 Å². The van der Waals surface area contributed by atoms with Gasteiger partial charge < -0.3 is 9.40 Å². The van der Waals surface area contributed by atoms with Crippen molar-refractivity contribution in [1.29, 1.82) is 0 Å². The first-order valence-corrected chi connectivity index (χ1v) is 7.91. The Kier molecular flexibility index (Phi) is 3.49. The zero-order chi connectivity index (χ0) is 15.8. The zero-order valence-electron chi connectivity index (χ0n) is 13.0. The fraction of sp³-hybridized carbons (Fsp3) is 0.438. The highest BCUT2D eigenvalue weighted by Gasteiger charge is 2.24. The zero-order valence-corrected chi connectivity index (χ0v) is 13.0. The molecule has 0 atom stereocenters. The summed E-state index contributed by atoms with van der Waals surface area (Å²) in [6, 6.07) is 8.09. The van der Waals surface area contributed by atoms with Crippen LogP contribution in [0.25, 0.3) is 11.0 Å². The van der Waals surface area contributed by atoms with Gasteiger partial charge in [-0.05, 0) is 25.0 Å². The van der Waals surface area contributed by atoms with Gasteiger partial charge >= 0.3 is 5.69 Å². The van der Waals surface area contributed by atoms with Crippen LogP contribution in [0.4, 0.5) is 0 Å². The Bertz CT molecular complexity index is 870. The van der Waals surface area contributed by atoms with Gasteiger partial charge in [-0.2, -0.15) is 0 Å². The topological polar surface area (TPSA) is 80.0 Å². The van der Waals surface area contributed by atoms with Crippen LogP contribution in [-0.2, 0) is 6.54 Å². The summed E-state index contributed by atoms with van der Waals surface area (Å²) in [6.07, 6.45) is 1.88. The molecule has 1 aromatic carbocycles. The van der Waals surface area contributed by atoms with E-state index in [-0.39, 0.29) is 11.7 Å². The summed E-state index contributed by atoms with van der Waals surface area (Å²) < 4.78 is 7.34. The van der Waals surface area contributed by atoms with E-state index in [1.54, 1.807) is 6.92 Å². The molecular formula is C16H19N5O2. The SMILES string of the molecule is Cc1nnc(CN2CCC(n3c(=O)[nH]c4ccccc43)CC2)o1. The van der Waals surface area contributed by atoms with Crippen molar-refractivity contribution in [2.24, 2.45) is 0 Å². The van der Waals surface area contributed by atoms with E-state index in [1.807, 2.05) is 28.8 Å². The van der Waals surface area contributed by atoms with Gasteiger partial charge in [-0.15, -0.1) is 10.2 Å². The number of nitrogens with one attached hydrogen (secondary N) is 1. The van der Waals surface area contributed by atoms with Crippen LogP contribution in [0.2, 0.25) is 0 Å². The Morgan fingerprint density at radius 2 is 2.04 bits per heavy atom. The van der Waals surface area contributed by atoms with Crippen LogP contribution in [0.1, 0.15) is 30.7 Å². The van der Waals surface area contributed by atoms with E-state index in [0.29, 0.717) is 18.3 Å². The molecule has 0 radical (unpaired) electrons. The van der Waals surface area contributed by atoms with E-state index in [1.165, 1.54) is 0 Å². The van der Waals surface area contributed by atoms with Crippen molar-refractivity contribution in [3.05, 3.63) is 46.5 Å². The Morgan fingerprint density at radius 3 is 2.78 bits per heavy atom. The van der Waals surface area contributed by atoms with E-state index in [0.717, 1.165) is 37.0 Å². The lowest BCUT2D eigenvalue weighted by molar-refractivity contribution is 0.166. The van der Waals surface area contributed by atoms with E-state index in [4.69, 9.17) is 4.42 Å². The lowest BCUT2D eigenvalue weighted by Gasteiger charge is -2.31. The first-order chi connectivity index (χ1) is 11.2. The predicted molar refractivity (Wildman–Crippen MR) is 85.1 cm³/mol. The van der Waals surface area contributed by atoms with Gasteiger partial charge in [0.15, 0.2) is 0 Å². The molecule has 1 aliphatic heterocycles. The van der Waals surface area contributed by atoms with Gasteiger partial charge in [0, 0.05) is 26.1 Å². The number of imidazole rings is 1. The third-order valence-electron chi connectivity index (χ3n) is 4.47. The third kappa shape index (κ3) is 2.68. The number of hydrogen-bond donors (Lipinski definition) is 1. The maximum Gasteiger partial charge on any atom is 0.326 e. The third-order valence-corrected chi connectivity index (χ3v) is 4.47. The molecule has 1 N–H and O–H groups in total. The molecule has 1 saturated heterocycles. The smallest absolute Gasteiger partial charge is 0.326 e. The fourth-order valence-electron chi connectivity index (χ4n) is 3.37.